The van der Waals surface area contributed by atoms with E-state index in [0.29, 0.717) is 6.42 Å². The summed E-state index contributed by atoms with van der Waals surface area (Å²) < 4.78 is 0. The molecule has 3 heteroatoms. The Labute approximate surface area is 105 Å². The van der Waals surface area contributed by atoms with Crippen molar-refractivity contribution in [3.8, 4) is 0 Å². The van der Waals surface area contributed by atoms with E-state index in [1.807, 2.05) is 13.8 Å². The second-order valence-electron chi connectivity index (χ2n) is 5.38. The molecule has 100 valence electrons. The molecule has 1 fully saturated rings. The molecular weight excluding hydrogens is 214 g/mol. The van der Waals surface area contributed by atoms with Gasteiger partial charge in [-0.3, -0.25) is 4.79 Å². The van der Waals surface area contributed by atoms with Crippen LogP contribution in [0.1, 0.15) is 65.2 Å². The van der Waals surface area contributed by atoms with E-state index in [9.17, 15) is 9.90 Å². The van der Waals surface area contributed by atoms with Gasteiger partial charge >= 0.3 is 0 Å². The number of hydrogen-bond donors (Lipinski definition) is 2. The van der Waals surface area contributed by atoms with Gasteiger partial charge in [0, 0.05) is 6.42 Å². The largest absolute Gasteiger partial charge is 0.394 e. The summed E-state index contributed by atoms with van der Waals surface area (Å²) >= 11 is 0. The minimum absolute atomic E-state index is 0.0369. The van der Waals surface area contributed by atoms with Crippen LogP contribution in [0, 0.1) is 5.92 Å². The van der Waals surface area contributed by atoms with Gasteiger partial charge in [0.15, 0.2) is 0 Å². The van der Waals surface area contributed by atoms with Crippen molar-refractivity contribution in [3.05, 3.63) is 0 Å². The normalized spacial score (nSPS) is 17.4. The van der Waals surface area contributed by atoms with E-state index < -0.39 is 5.54 Å². The quantitative estimate of drug-likeness (QED) is 0.720. The van der Waals surface area contributed by atoms with Gasteiger partial charge in [0.05, 0.1) is 12.1 Å². The Kier molecular flexibility index (Phi) is 5.96. The summed E-state index contributed by atoms with van der Waals surface area (Å²) in [5, 5.41) is 12.4. The lowest BCUT2D eigenvalue weighted by atomic mass is 9.93. The molecule has 1 aliphatic carbocycles. The van der Waals surface area contributed by atoms with Crippen LogP contribution in [0.25, 0.3) is 0 Å². The van der Waals surface area contributed by atoms with E-state index in [1.54, 1.807) is 0 Å². The molecule has 17 heavy (non-hydrogen) atoms. The summed E-state index contributed by atoms with van der Waals surface area (Å²) in [4.78, 5) is 11.9. The molecule has 1 saturated carbocycles. The maximum absolute atomic E-state index is 11.9. The lowest BCUT2D eigenvalue weighted by Gasteiger charge is -2.30. The molecule has 0 aromatic rings. The fourth-order valence-electron chi connectivity index (χ4n) is 2.68. The summed E-state index contributed by atoms with van der Waals surface area (Å²) in [5.74, 6) is 0.863. The number of aliphatic hydroxyl groups is 1. The molecule has 3 nitrogen and oxygen atoms in total. The van der Waals surface area contributed by atoms with Gasteiger partial charge in [0.2, 0.25) is 5.91 Å². The summed E-state index contributed by atoms with van der Waals surface area (Å²) in [5.41, 5.74) is -0.396. The van der Waals surface area contributed by atoms with E-state index in [-0.39, 0.29) is 12.5 Å². The highest BCUT2D eigenvalue weighted by atomic mass is 16.3. The van der Waals surface area contributed by atoms with Gasteiger partial charge in [0.25, 0.3) is 0 Å². The molecule has 0 aromatic carbocycles. The Morgan fingerprint density at radius 2 is 1.88 bits per heavy atom. The highest BCUT2D eigenvalue weighted by Crippen LogP contribution is 2.28. The number of nitrogens with one attached hydrogen (secondary N) is 1. The van der Waals surface area contributed by atoms with Crippen molar-refractivity contribution in [2.75, 3.05) is 6.61 Å². The van der Waals surface area contributed by atoms with Gasteiger partial charge < -0.3 is 10.4 Å². The van der Waals surface area contributed by atoms with E-state index in [1.165, 1.54) is 25.7 Å². The van der Waals surface area contributed by atoms with E-state index in [4.69, 9.17) is 0 Å². The molecule has 0 radical (unpaired) electrons. The molecule has 0 aliphatic heterocycles. The minimum atomic E-state index is -0.396. The Balaban J connectivity index is 2.31. The average molecular weight is 241 g/mol. The van der Waals surface area contributed by atoms with Crippen molar-refractivity contribution in [2.24, 2.45) is 5.92 Å². The summed E-state index contributed by atoms with van der Waals surface area (Å²) in [7, 11) is 0. The maximum Gasteiger partial charge on any atom is 0.220 e. The SMILES string of the molecule is CCC(CC)(CO)NC(=O)CCC1CCCC1. The van der Waals surface area contributed by atoms with Crippen LogP contribution in [0.3, 0.4) is 0 Å². The fraction of sp³-hybridized carbons (Fsp3) is 0.929. The summed E-state index contributed by atoms with van der Waals surface area (Å²) in [6.07, 6.45) is 8.45. The summed E-state index contributed by atoms with van der Waals surface area (Å²) in [6, 6.07) is 0. The highest BCUT2D eigenvalue weighted by molar-refractivity contribution is 5.76. The topological polar surface area (TPSA) is 49.3 Å². The zero-order valence-electron chi connectivity index (χ0n) is 11.3. The molecule has 0 saturated heterocycles. The van der Waals surface area contributed by atoms with E-state index in [0.717, 1.165) is 25.2 Å². The molecule has 0 heterocycles. The molecule has 0 spiro atoms. The monoisotopic (exact) mass is 241 g/mol. The van der Waals surface area contributed by atoms with Crippen LogP contribution < -0.4 is 5.32 Å². The first-order valence-corrected chi connectivity index (χ1v) is 7.07. The number of carbonyl (C=O) groups excluding carboxylic acids is 1. The number of aliphatic hydroxyl groups excluding tert-OH is 1. The molecule has 0 aromatic heterocycles. The van der Waals surface area contributed by atoms with Gasteiger partial charge in [-0.1, -0.05) is 39.5 Å². The first-order chi connectivity index (χ1) is 8.15. The van der Waals surface area contributed by atoms with Crippen molar-refractivity contribution in [3.63, 3.8) is 0 Å². The molecule has 1 rings (SSSR count). The van der Waals surface area contributed by atoms with Crippen LogP contribution >= 0.6 is 0 Å². The van der Waals surface area contributed by atoms with Gasteiger partial charge in [-0.2, -0.15) is 0 Å². The number of hydrogen-bond acceptors (Lipinski definition) is 2. The average Bonchev–Trinajstić information content (AvgIpc) is 2.87. The molecule has 0 atom stereocenters. The van der Waals surface area contributed by atoms with Gasteiger partial charge in [0.1, 0.15) is 0 Å². The fourth-order valence-corrected chi connectivity index (χ4v) is 2.68. The predicted molar refractivity (Wildman–Crippen MR) is 69.7 cm³/mol. The van der Waals surface area contributed by atoms with Gasteiger partial charge in [-0.05, 0) is 25.2 Å². The zero-order chi connectivity index (χ0) is 12.7. The standard InChI is InChI=1S/C14H27NO2/c1-3-14(4-2,11-16)15-13(17)10-9-12-7-5-6-8-12/h12,16H,3-11H2,1-2H3,(H,15,17). The van der Waals surface area contributed by atoms with Gasteiger partial charge in [-0.15, -0.1) is 0 Å². The molecule has 0 unspecified atom stereocenters. The number of carbonyl (C=O) groups is 1. The van der Waals surface area contributed by atoms with Crippen LogP contribution in [0.5, 0.6) is 0 Å². The third-order valence-electron chi connectivity index (χ3n) is 4.32. The third-order valence-corrected chi connectivity index (χ3v) is 4.32. The van der Waals surface area contributed by atoms with Crippen LogP contribution in [-0.2, 0) is 4.79 Å². The Morgan fingerprint density at radius 1 is 1.29 bits per heavy atom. The Morgan fingerprint density at radius 3 is 2.35 bits per heavy atom. The zero-order valence-corrected chi connectivity index (χ0v) is 11.3. The van der Waals surface area contributed by atoms with Crippen molar-refractivity contribution in [1.82, 2.24) is 5.32 Å². The third kappa shape index (κ3) is 4.30. The Hall–Kier alpha value is -0.570. The molecule has 1 aliphatic rings. The van der Waals surface area contributed by atoms with Crippen LogP contribution in [0.15, 0.2) is 0 Å². The molecule has 1 amide bonds. The Bertz CT molecular complexity index is 222. The molecular formula is C14H27NO2. The minimum Gasteiger partial charge on any atom is -0.394 e. The highest BCUT2D eigenvalue weighted by Gasteiger charge is 2.27. The summed E-state index contributed by atoms with van der Waals surface area (Å²) in [6.45, 7) is 4.06. The van der Waals surface area contributed by atoms with Crippen molar-refractivity contribution >= 4 is 5.91 Å². The molecule has 0 bridgehead atoms. The predicted octanol–water partition coefficient (Wildman–Crippen LogP) is 2.62. The van der Waals surface area contributed by atoms with Crippen molar-refractivity contribution < 1.29 is 9.90 Å². The number of amides is 1. The number of rotatable bonds is 7. The first kappa shape index (κ1) is 14.5. The maximum atomic E-state index is 11.9. The van der Waals surface area contributed by atoms with Crippen LogP contribution in [-0.4, -0.2) is 23.2 Å². The second kappa shape index (κ2) is 7.00. The first-order valence-electron chi connectivity index (χ1n) is 7.07. The lowest BCUT2D eigenvalue weighted by molar-refractivity contribution is -0.124. The van der Waals surface area contributed by atoms with Crippen LogP contribution in [0.4, 0.5) is 0 Å². The van der Waals surface area contributed by atoms with Gasteiger partial charge in [-0.25, -0.2) is 0 Å². The van der Waals surface area contributed by atoms with Crippen LogP contribution in [0.2, 0.25) is 0 Å². The van der Waals surface area contributed by atoms with E-state index >= 15 is 0 Å². The van der Waals surface area contributed by atoms with E-state index in [2.05, 4.69) is 5.32 Å². The smallest absolute Gasteiger partial charge is 0.220 e. The van der Waals surface area contributed by atoms with Crippen molar-refractivity contribution in [1.29, 1.82) is 0 Å². The molecule has 2 N–H and O–H groups in total. The lowest BCUT2D eigenvalue weighted by Crippen LogP contribution is -2.50. The second-order valence-corrected chi connectivity index (χ2v) is 5.38. The van der Waals surface area contributed by atoms with Crippen molar-refractivity contribution in [2.45, 2.75) is 70.8 Å².